The molecule has 0 aliphatic carbocycles. The molecule has 0 fully saturated rings. The molecular weight excluding hydrogens is 581 g/mol. The van der Waals surface area contributed by atoms with Crippen LogP contribution < -0.4 is 11.1 Å². The Kier molecular flexibility index (Phi) is 6.88. The fraction of sp³-hybridized carbons (Fsp3) is 0.0435. The van der Waals surface area contributed by atoms with Crippen molar-refractivity contribution in [1.82, 2.24) is 0 Å². The Labute approximate surface area is 280 Å². The van der Waals surface area contributed by atoms with E-state index in [1.54, 1.807) is 0 Å². The van der Waals surface area contributed by atoms with Gasteiger partial charge in [-0.2, -0.15) is 0 Å². The Morgan fingerprint density at radius 2 is 1.00 bits per heavy atom. The van der Waals surface area contributed by atoms with E-state index >= 15 is 0 Å². The predicted molar refractivity (Wildman–Crippen MR) is 204 cm³/mol. The van der Waals surface area contributed by atoms with Crippen molar-refractivity contribution in [2.24, 2.45) is 5.73 Å². The zero-order valence-electron chi connectivity index (χ0n) is 26.5. The van der Waals surface area contributed by atoms with E-state index in [1.807, 2.05) is 0 Å². The summed E-state index contributed by atoms with van der Waals surface area (Å²) in [7, 11) is 0. The lowest BCUT2D eigenvalue weighted by atomic mass is 9.84. The maximum atomic E-state index is 5.84. The Hall–Kier alpha value is -5.96. The molecule has 1 atom stereocenters. The SMILES string of the molecule is NCc1ccc(-c2ccc(C3C=C(c4ccc5ccccc5c4)c4cc(-c5ccc6ccccc6c5)c5ccccc5c4N3)cc2)cc1. The van der Waals surface area contributed by atoms with E-state index in [0.29, 0.717) is 6.54 Å². The zero-order valence-corrected chi connectivity index (χ0v) is 26.5. The molecule has 1 unspecified atom stereocenters. The first kappa shape index (κ1) is 28.3. The summed E-state index contributed by atoms with van der Waals surface area (Å²) in [5.41, 5.74) is 17.9. The van der Waals surface area contributed by atoms with Gasteiger partial charge in [-0.3, -0.25) is 0 Å². The maximum absolute atomic E-state index is 5.84. The maximum Gasteiger partial charge on any atom is 0.0707 e. The molecule has 0 bridgehead atoms. The van der Waals surface area contributed by atoms with Gasteiger partial charge in [-0.05, 0) is 95.7 Å². The predicted octanol–water partition coefficient (Wildman–Crippen LogP) is 11.5. The highest BCUT2D eigenvalue weighted by Gasteiger charge is 2.25. The molecule has 0 spiro atoms. The van der Waals surface area contributed by atoms with E-state index < -0.39 is 0 Å². The standard InChI is InChI=1S/C46H34N2/c47-29-30-13-15-33(16-14-30)34-17-21-35(22-18-34)45-28-43(39-24-20-32-8-2-4-10-37(32)26-39)44-27-42(40-11-5-6-12-41(40)46(44)48-45)38-23-19-31-7-1-3-9-36(31)25-38/h1-28,45,48H,29,47H2. The molecule has 1 aliphatic rings. The third-order valence-electron chi connectivity index (χ3n) is 9.88. The third-order valence-corrected chi connectivity index (χ3v) is 9.88. The van der Waals surface area contributed by atoms with Crippen LogP contribution in [0.15, 0.2) is 170 Å². The summed E-state index contributed by atoms with van der Waals surface area (Å²) in [4.78, 5) is 0. The molecule has 2 heteroatoms. The average Bonchev–Trinajstić information content (AvgIpc) is 3.17. The highest BCUT2D eigenvalue weighted by Crippen LogP contribution is 2.46. The minimum absolute atomic E-state index is 0.00237. The van der Waals surface area contributed by atoms with Crippen molar-refractivity contribution in [3.63, 3.8) is 0 Å². The minimum Gasteiger partial charge on any atom is -0.374 e. The van der Waals surface area contributed by atoms with Crippen LogP contribution in [0.3, 0.4) is 0 Å². The van der Waals surface area contributed by atoms with Gasteiger partial charge in [0.05, 0.1) is 11.7 Å². The lowest BCUT2D eigenvalue weighted by molar-refractivity contribution is 0.976. The topological polar surface area (TPSA) is 38.0 Å². The van der Waals surface area contributed by atoms with Crippen molar-refractivity contribution < 1.29 is 0 Å². The highest BCUT2D eigenvalue weighted by molar-refractivity contribution is 6.10. The molecule has 8 aromatic carbocycles. The summed E-state index contributed by atoms with van der Waals surface area (Å²) in [5.74, 6) is 0. The van der Waals surface area contributed by atoms with E-state index in [2.05, 4.69) is 175 Å². The molecule has 2 nitrogen and oxygen atoms in total. The van der Waals surface area contributed by atoms with Gasteiger partial charge < -0.3 is 11.1 Å². The molecule has 0 saturated carbocycles. The van der Waals surface area contributed by atoms with E-state index in [4.69, 9.17) is 5.73 Å². The summed E-state index contributed by atoms with van der Waals surface area (Å²) in [6.45, 7) is 0.554. The Bertz CT molecular complexity index is 2510. The number of hydrogen-bond acceptors (Lipinski definition) is 2. The summed E-state index contributed by atoms with van der Waals surface area (Å²) in [6, 6.07) is 59.7. The molecule has 0 aromatic heterocycles. The van der Waals surface area contributed by atoms with Crippen LogP contribution in [0.2, 0.25) is 0 Å². The molecular formula is C46H34N2. The van der Waals surface area contributed by atoms with Gasteiger partial charge in [0.15, 0.2) is 0 Å². The summed E-state index contributed by atoms with van der Waals surface area (Å²) in [6.07, 6.45) is 2.41. The fourth-order valence-electron chi connectivity index (χ4n) is 7.30. The number of anilines is 1. The molecule has 48 heavy (non-hydrogen) atoms. The van der Waals surface area contributed by atoms with Gasteiger partial charge in [0.2, 0.25) is 0 Å². The van der Waals surface area contributed by atoms with Crippen molar-refractivity contribution in [1.29, 1.82) is 0 Å². The molecule has 9 rings (SSSR count). The summed E-state index contributed by atoms with van der Waals surface area (Å²) in [5, 5.41) is 11.5. The molecule has 228 valence electrons. The first-order chi connectivity index (χ1) is 23.7. The Morgan fingerprint density at radius 3 is 1.67 bits per heavy atom. The average molecular weight is 615 g/mol. The lowest BCUT2D eigenvalue weighted by Gasteiger charge is -2.30. The molecule has 3 N–H and O–H groups in total. The van der Waals surface area contributed by atoms with Gasteiger partial charge in [0.25, 0.3) is 0 Å². The highest BCUT2D eigenvalue weighted by atomic mass is 14.9. The van der Waals surface area contributed by atoms with Crippen molar-refractivity contribution in [3.05, 3.63) is 192 Å². The van der Waals surface area contributed by atoms with Gasteiger partial charge >= 0.3 is 0 Å². The smallest absolute Gasteiger partial charge is 0.0707 e. The number of hydrogen-bond donors (Lipinski definition) is 2. The Balaban J connectivity index is 1.22. The second kappa shape index (κ2) is 11.7. The number of nitrogens with one attached hydrogen (secondary N) is 1. The van der Waals surface area contributed by atoms with Crippen LogP contribution in [0.1, 0.15) is 28.3 Å². The van der Waals surface area contributed by atoms with Gasteiger partial charge in [-0.25, -0.2) is 0 Å². The number of nitrogens with two attached hydrogens (primary N) is 1. The molecule has 8 aromatic rings. The van der Waals surface area contributed by atoms with Crippen molar-refractivity contribution in [2.75, 3.05) is 5.32 Å². The van der Waals surface area contributed by atoms with Gasteiger partial charge in [-0.1, -0.05) is 146 Å². The summed E-state index contributed by atoms with van der Waals surface area (Å²) < 4.78 is 0. The van der Waals surface area contributed by atoms with Crippen molar-refractivity contribution >= 4 is 43.6 Å². The van der Waals surface area contributed by atoms with Crippen LogP contribution in [0.25, 0.3) is 60.1 Å². The van der Waals surface area contributed by atoms with Crippen molar-refractivity contribution in [2.45, 2.75) is 12.6 Å². The first-order valence-corrected chi connectivity index (χ1v) is 16.6. The second-order valence-electron chi connectivity index (χ2n) is 12.7. The number of fused-ring (bicyclic) bond motifs is 5. The van der Waals surface area contributed by atoms with Gasteiger partial charge in [0.1, 0.15) is 0 Å². The quantitative estimate of drug-likeness (QED) is 0.202. The van der Waals surface area contributed by atoms with Crippen LogP contribution in [-0.2, 0) is 6.54 Å². The van der Waals surface area contributed by atoms with Gasteiger partial charge in [0, 0.05) is 17.5 Å². The molecule has 1 aliphatic heterocycles. The van der Waals surface area contributed by atoms with Crippen molar-refractivity contribution in [3.8, 4) is 22.3 Å². The van der Waals surface area contributed by atoms with Crippen LogP contribution in [-0.4, -0.2) is 0 Å². The third kappa shape index (κ3) is 4.95. The molecule has 0 saturated heterocycles. The van der Waals surface area contributed by atoms with E-state index in [-0.39, 0.29) is 6.04 Å². The van der Waals surface area contributed by atoms with E-state index in [0.717, 1.165) is 5.56 Å². The van der Waals surface area contributed by atoms with Crippen LogP contribution in [0, 0.1) is 0 Å². The second-order valence-corrected chi connectivity index (χ2v) is 12.7. The monoisotopic (exact) mass is 614 g/mol. The number of rotatable bonds is 5. The summed E-state index contributed by atoms with van der Waals surface area (Å²) >= 11 is 0. The van der Waals surface area contributed by atoms with Crippen LogP contribution >= 0.6 is 0 Å². The minimum atomic E-state index is 0.00237. The zero-order chi connectivity index (χ0) is 32.0. The van der Waals surface area contributed by atoms with Crippen LogP contribution in [0.5, 0.6) is 0 Å². The fourth-order valence-corrected chi connectivity index (χ4v) is 7.30. The molecule has 0 radical (unpaired) electrons. The van der Waals surface area contributed by atoms with E-state index in [9.17, 15) is 0 Å². The molecule has 1 heterocycles. The number of benzene rings is 8. The lowest BCUT2D eigenvalue weighted by Crippen LogP contribution is -2.16. The Morgan fingerprint density at radius 1 is 0.458 bits per heavy atom. The largest absolute Gasteiger partial charge is 0.374 e. The van der Waals surface area contributed by atoms with Crippen LogP contribution in [0.4, 0.5) is 5.69 Å². The normalized spacial score (nSPS) is 14.1. The van der Waals surface area contributed by atoms with Gasteiger partial charge in [-0.15, -0.1) is 0 Å². The molecule has 0 amide bonds. The first-order valence-electron chi connectivity index (χ1n) is 16.6. The van der Waals surface area contributed by atoms with E-state index in [1.165, 1.54) is 82.5 Å².